The molecule has 0 bridgehead atoms. The molecule has 0 saturated heterocycles. The van der Waals surface area contributed by atoms with Crippen molar-refractivity contribution in [3.05, 3.63) is 90.8 Å². The molecule has 0 spiro atoms. The summed E-state index contributed by atoms with van der Waals surface area (Å²) in [6.07, 6.45) is 3.21. The second-order valence-electron chi connectivity index (χ2n) is 4.01. The number of ether oxygens (including phenoxy) is 1. The van der Waals surface area contributed by atoms with Crippen molar-refractivity contribution >= 4 is 24.8 Å². The number of rotatable bonds is 3. The van der Waals surface area contributed by atoms with E-state index in [2.05, 4.69) is 10.2 Å². The highest BCUT2D eigenvalue weighted by atomic mass is 35.5. The molecule has 0 atom stereocenters. The third-order valence-electron chi connectivity index (χ3n) is 2.47. The van der Waals surface area contributed by atoms with Crippen LogP contribution in [0.2, 0.25) is 0 Å². The van der Waals surface area contributed by atoms with E-state index in [-0.39, 0.29) is 24.8 Å². The Morgan fingerprint density at radius 3 is 1.73 bits per heavy atom. The van der Waals surface area contributed by atoms with Crippen LogP contribution >= 0.6 is 24.8 Å². The zero-order valence-corrected chi connectivity index (χ0v) is 13.5. The van der Waals surface area contributed by atoms with Gasteiger partial charge in [0.05, 0.1) is 12.4 Å². The Kier molecular flexibility index (Phi) is 11.4. The summed E-state index contributed by atoms with van der Waals surface area (Å²) >= 11 is 0. The summed E-state index contributed by atoms with van der Waals surface area (Å²) in [5.41, 5.74) is 1.14. The van der Waals surface area contributed by atoms with Crippen LogP contribution in [0.4, 0.5) is 0 Å². The molecule has 0 unspecified atom stereocenters. The van der Waals surface area contributed by atoms with Gasteiger partial charge in [0.25, 0.3) is 0 Å². The van der Waals surface area contributed by atoms with E-state index in [1.54, 1.807) is 18.5 Å². The average molecular weight is 337 g/mol. The minimum atomic E-state index is 0. The lowest BCUT2D eigenvalue weighted by Gasteiger charge is -2.04. The molecule has 0 fully saturated rings. The predicted octanol–water partition coefficient (Wildman–Crippen LogP) is 4.59. The molecule has 0 aliphatic rings. The molecule has 22 heavy (non-hydrogen) atoms. The van der Waals surface area contributed by atoms with Gasteiger partial charge in [-0.05, 0) is 5.56 Å². The Morgan fingerprint density at radius 2 is 1.23 bits per heavy atom. The number of halogens is 2. The minimum absolute atomic E-state index is 0. The quantitative estimate of drug-likeness (QED) is 0.701. The first-order valence-corrected chi connectivity index (χ1v) is 6.38. The molecular formula is C17H18Cl2N2O. The second kappa shape index (κ2) is 12.6. The molecule has 1 heterocycles. The summed E-state index contributed by atoms with van der Waals surface area (Å²) in [6.45, 7) is 0.562. The van der Waals surface area contributed by atoms with Gasteiger partial charge in [0, 0.05) is 6.07 Å². The Labute approximate surface area is 143 Å². The molecule has 0 N–H and O–H groups in total. The summed E-state index contributed by atoms with van der Waals surface area (Å²) in [5.74, 6) is 0.740. The molecule has 0 saturated carbocycles. The van der Waals surface area contributed by atoms with E-state index in [0.29, 0.717) is 6.61 Å². The Bertz CT molecular complexity index is 514. The van der Waals surface area contributed by atoms with Crippen LogP contribution in [0.1, 0.15) is 5.56 Å². The van der Waals surface area contributed by atoms with Gasteiger partial charge in [-0.1, -0.05) is 66.7 Å². The fraction of sp³-hybridized carbons (Fsp3) is 0.0588. The number of hydrogen-bond donors (Lipinski definition) is 0. The molecule has 2 aromatic carbocycles. The van der Waals surface area contributed by atoms with Gasteiger partial charge in [0.2, 0.25) is 0 Å². The third-order valence-corrected chi connectivity index (χ3v) is 2.47. The molecule has 1 aromatic heterocycles. The Balaban J connectivity index is 0.000000472. The SMILES string of the molecule is Cl.Cl.c1ccc(COc2ccnnc2)cc1.c1ccccc1. The number of nitrogens with zero attached hydrogens (tertiary/aromatic N) is 2. The molecule has 5 heteroatoms. The van der Waals surface area contributed by atoms with Crippen molar-refractivity contribution in [2.75, 3.05) is 0 Å². The Morgan fingerprint density at radius 1 is 0.682 bits per heavy atom. The van der Waals surface area contributed by atoms with Crippen molar-refractivity contribution in [1.29, 1.82) is 0 Å². The summed E-state index contributed by atoms with van der Waals surface area (Å²) in [6, 6.07) is 23.8. The van der Waals surface area contributed by atoms with E-state index < -0.39 is 0 Å². The molecule has 0 amide bonds. The summed E-state index contributed by atoms with van der Waals surface area (Å²) in [5, 5.41) is 7.39. The van der Waals surface area contributed by atoms with Gasteiger partial charge in [0.15, 0.2) is 0 Å². The van der Waals surface area contributed by atoms with Crippen molar-refractivity contribution in [3.63, 3.8) is 0 Å². The van der Waals surface area contributed by atoms with Crippen molar-refractivity contribution in [3.8, 4) is 5.75 Å². The van der Waals surface area contributed by atoms with Crippen LogP contribution in [-0.4, -0.2) is 10.2 Å². The lowest BCUT2D eigenvalue weighted by atomic mass is 10.2. The first-order chi connectivity index (χ1) is 9.95. The monoisotopic (exact) mass is 336 g/mol. The smallest absolute Gasteiger partial charge is 0.141 e. The van der Waals surface area contributed by atoms with Gasteiger partial charge in [0.1, 0.15) is 12.4 Å². The van der Waals surface area contributed by atoms with E-state index in [0.717, 1.165) is 11.3 Å². The lowest BCUT2D eigenvalue weighted by Crippen LogP contribution is -1.95. The summed E-state index contributed by atoms with van der Waals surface area (Å²) in [7, 11) is 0. The maximum Gasteiger partial charge on any atom is 0.141 e. The molecule has 3 aromatic rings. The normalized spacial score (nSPS) is 8.36. The third kappa shape index (κ3) is 8.25. The number of hydrogen-bond acceptors (Lipinski definition) is 3. The molecule has 0 radical (unpaired) electrons. The van der Waals surface area contributed by atoms with Gasteiger partial charge < -0.3 is 4.74 Å². The van der Waals surface area contributed by atoms with Gasteiger partial charge in [-0.25, -0.2) is 0 Å². The molecule has 0 aliphatic heterocycles. The van der Waals surface area contributed by atoms with Gasteiger partial charge in [-0.2, -0.15) is 10.2 Å². The molecule has 3 rings (SSSR count). The first kappa shape index (κ1) is 19.9. The van der Waals surface area contributed by atoms with Crippen LogP contribution < -0.4 is 4.74 Å². The number of benzene rings is 2. The van der Waals surface area contributed by atoms with Crippen LogP contribution in [-0.2, 0) is 6.61 Å². The zero-order valence-electron chi connectivity index (χ0n) is 11.9. The Hall–Kier alpha value is -2.10. The summed E-state index contributed by atoms with van der Waals surface area (Å²) < 4.78 is 5.49. The van der Waals surface area contributed by atoms with E-state index in [4.69, 9.17) is 4.74 Å². The van der Waals surface area contributed by atoms with Gasteiger partial charge in [-0.3, -0.25) is 0 Å². The molecule has 116 valence electrons. The highest BCUT2D eigenvalue weighted by Gasteiger charge is 1.93. The van der Waals surface area contributed by atoms with Crippen LogP contribution in [0.15, 0.2) is 85.2 Å². The topological polar surface area (TPSA) is 35.0 Å². The molecule has 3 nitrogen and oxygen atoms in total. The van der Waals surface area contributed by atoms with E-state index in [9.17, 15) is 0 Å². The fourth-order valence-electron chi connectivity index (χ4n) is 1.49. The lowest BCUT2D eigenvalue weighted by molar-refractivity contribution is 0.304. The average Bonchev–Trinajstić information content (AvgIpc) is 2.57. The van der Waals surface area contributed by atoms with Gasteiger partial charge >= 0.3 is 0 Å². The van der Waals surface area contributed by atoms with Crippen LogP contribution in [0, 0.1) is 0 Å². The maximum absolute atomic E-state index is 5.49. The van der Waals surface area contributed by atoms with Crippen LogP contribution in [0.25, 0.3) is 0 Å². The van der Waals surface area contributed by atoms with Crippen molar-refractivity contribution in [1.82, 2.24) is 10.2 Å². The predicted molar refractivity (Wildman–Crippen MR) is 93.7 cm³/mol. The zero-order chi connectivity index (χ0) is 13.9. The first-order valence-electron chi connectivity index (χ1n) is 6.38. The van der Waals surface area contributed by atoms with Crippen LogP contribution in [0.5, 0.6) is 5.75 Å². The van der Waals surface area contributed by atoms with Crippen molar-refractivity contribution in [2.24, 2.45) is 0 Å². The largest absolute Gasteiger partial charge is 0.487 e. The minimum Gasteiger partial charge on any atom is -0.487 e. The van der Waals surface area contributed by atoms with E-state index in [1.807, 2.05) is 66.7 Å². The van der Waals surface area contributed by atoms with Crippen LogP contribution in [0.3, 0.4) is 0 Å². The summed E-state index contributed by atoms with van der Waals surface area (Å²) in [4.78, 5) is 0. The second-order valence-corrected chi connectivity index (χ2v) is 4.01. The van der Waals surface area contributed by atoms with E-state index in [1.165, 1.54) is 0 Å². The highest BCUT2D eigenvalue weighted by Crippen LogP contribution is 2.08. The number of aromatic nitrogens is 2. The molecular weight excluding hydrogens is 319 g/mol. The standard InChI is InChI=1S/C11H10N2O.C6H6.2ClH/c1-2-4-10(5-3-1)9-14-11-6-7-12-13-8-11;1-2-4-6-5-3-1;;/h1-8H,9H2;1-6H;2*1H. The molecule has 0 aliphatic carbocycles. The maximum atomic E-state index is 5.49. The van der Waals surface area contributed by atoms with Crippen molar-refractivity contribution in [2.45, 2.75) is 6.61 Å². The van der Waals surface area contributed by atoms with Gasteiger partial charge in [-0.15, -0.1) is 24.8 Å². The fourth-order valence-corrected chi connectivity index (χ4v) is 1.49. The van der Waals surface area contributed by atoms with Crippen molar-refractivity contribution < 1.29 is 4.74 Å². The van der Waals surface area contributed by atoms with E-state index >= 15 is 0 Å². The highest BCUT2D eigenvalue weighted by molar-refractivity contribution is 5.85.